The van der Waals surface area contributed by atoms with Gasteiger partial charge in [0.2, 0.25) is 0 Å². The predicted molar refractivity (Wildman–Crippen MR) is 94.4 cm³/mol. The van der Waals surface area contributed by atoms with Crippen LogP contribution in [0.25, 0.3) is 0 Å². The summed E-state index contributed by atoms with van der Waals surface area (Å²) >= 11 is 0. The average Bonchev–Trinajstić information content (AvgIpc) is 2.70. The van der Waals surface area contributed by atoms with E-state index in [0.29, 0.717) is 36.8 Å². The Labute approximate surface area is 151 Å². The summed E-state index contributed by atoms with van der Waals surface area (Å²) in [6, 6.07) is 14.0. The summed E-state index contributed by atoms with van der Waals surface area (Å²) in [7, 11) is 1.34. The molecule has 2 aromatic carbocycles. The van der Waals surface area contributed by atoms with E-state index in [9.17, 15) is 9.59 Å². The molecule has 2 amide bonds. The van der Waals surface area contributed by atoms with Gasteiger partial charge >= 0.3 is 12.0 Å². The Bertz CT molecular complexity index is 776. The Hall–Kier alpha value is -3.22. The number of ether oxygens (including phenoxy) is 3. The molecule has 0 saturated carbocycles. The van der Waals surface area contributed by atoms with Crippen LogP contribution < -0.4 is 20.1 Å². The minimum atomic E-state index is -0.390. The lowest BCUT2D eigenvalue weighted by Crippen LogP contribution is -2.44. The minimum absolute atomic E-state index is 0.241. The first-order valence-electron chi connectivity index (χ1n) is 8.23. The highest BCUT2D eigenvalue weighted by molar-refractivity contribution is 5.89. The van der Waals surface area contributed by atoms with E-state index in [1.54, 1.807) is 24.3 Å². The summed E-state index contributed by atoms with van der Waals surface area (Å²) in [6.07, 6.45) is -0.241. The van der Waals surface area contributed by atoms with Gasteiger partial charge in [-0.05, 0) is 29.8 Å². The third kappa shape index (κ3) is 4.44. The number of nitrogens with one attached hydrogen (secondary N) is 2. The number of fused-ring (bicyclic) bond motifs is 1. The Morgan fingerprint density at radius 3 is 2.54 bits per heavy atom. The van der Waals surface area contributed by atoms with Gasteiger partial charge in [-0.3, -0.25) is 0 Å². The lowest BCUT2D eigenvalue weighted by Gasteiger charge is -2.26. The van der Waals surface area contributed by atoms with Crippen molar-refractivity contribution in [1.82, 2.24) is 10.6 Å². The smallest absolute Gasteiger partial charge is 0.337 e. The van der Waals surface area contributed by atoms with Gasteiger partial charge in [-0.1, -0.05) is 24.3 Å². The number of hydrogen-bond donors (Lipinski definition) is 2. The first-order chi connectivity index (χ1) is 12.7. The molecule has 7 nitrogen and oxygen atoms in total. The SMILES string of the molecule is COC(=O)c1ccc(CNC(=O)NC[C@@H]2COc3ccccc3O2)cc1. The molecular formula is C19H20N2O5. The number of carbonyl (C=O) groups excluding carboxylic acids is 2. The Morgan fingerprint density at radius 1 is 1.08 bits per heavy atom. The zero-order chi connectivity index (χ0) is 18.4. The van der Waals surface area contributed by atoms with Crippen molar-refractivity contribution in [3.63, 3.8) is 0 Å². The second-order valence-electron chi connectivity index (χ2n) is 5.75. The molecule has 0 radical (unpaired) electrons. The number of para-hydroxylation sites is 2. The molecule has 2 N–H and O–H groups in total. The second kappa shape index (κ2) is 8.24. The van der Waals surface area contributed by atoms with Crippen molar-refractivity contribution >= 4 is 12.0 Å². The highest BCUT2D eigenvalue weighted by Crippen LogP contribution is 2.30. The van der Waals surface area contributed by atoms with Gasteiger partial charge in [-0.2, -0.15) is 0 Å². The molecule has 0 spiro atoms. The summed E-state index contributed by atoms with van der Waals surface area (Å²) in [6.45, 7) is 1.06. The zero-order valence-corrected chi connectivity index (χ0v) is 14.4. The molecule has 0 unspecified atom stereocenters. The summed E-state index contributed by atoms with van der Waals surface area (Å²) in [4.78, 5) is 23.3. The van der Waals surface area contributed by atoms with Crippen molar-refractivity contribution in [2.24, 2.45) is 0 Å². The van der Waals surface area contributed by atoms with E-state index in [-0.39, 0.29) is 12.1 Å². The van der Waals surface area contributed by atoms with E-state index in [0.717, 1.165) is 5.56 Å². The normalized spacial score (nSPS) is 15.0. The van der Waals surface area contributed by atoms with Crippen molar-refractivity contribution in [2.45, 2.75) is 12.6 Å². The molecule has 1 heterocycles. The van der Waals surface area contributed by atoms with E-state index in [1.807, 2.05) is 24.3 Å². The molecule has 2 aromatic rings. The quantitative estimate of drug-likeness (QED) is 0.802. The summed E-state index contributed by atoms with van der Waals surface area (Å²) in [5, 5.41) is 5.52. The van der Waals surface area contributed by atoms with Crippen LogP contribution in [-0.4, -0.2) is 38.4 Å². The number of rotatable bonds is 5. The van der Waals surface area contributed by atoms with Crippen LogP contribution in [0.1, 0.15) is 15.9 Å². The maximum atomic E-state index is 11.9. The van der Waals surface area contributed by atoms with E-state index in [2.05, 4.69) is 15.4 Å². The first kappa shape index (κ1) is 17.6. The van der Waals surface area contributed by atoms with Crippen molar-refractivity contribution in [2.75, 3.05) is 20.3 Å². The number of esters is 1. The van der Waals surface area contributed by atoms with Gasteiger partial charge in [0.05, 0.1) is 19.2 Å². The van der Waals surface area contributed by atoms with Gasteiger partial charge in [0.1, 0.15) is 6.61 Å². The van der Waals surface area contributed by atoms with Gasteiger partial charge in [-0.15, -0.1) is 0 Å². The van der Waals surface area contributed by atoms with Gasteiger partial charge in [0.25, 0.3) is 0 Å². The molecule has 7 heteroatoms. The van der Waals surface area contributed by atoms with Crippen LogP contribution in [0.5, 0.6) is 11.5 Å². The fraction of sp³-hybridized carbons (Fsp3) is 0.263. The van der Waals surface area contributed by atoms with E-state index in [4.69, 9.17) is 9.47 Å². The second-order valence-corrected chi connectivity index (χ2v) is 5.75. The van der Waals surface area contributed by atoms with Crippen LogP contribution >= 0.6 is 0 Å². The van der Waals surface area contributed by atoms with Crippen LogP contribution in [0.4, 0.5) is 4.79 Å². The van der Waals surface area contributed by atoms with Gasteiger partial charge in [0, 0.05) is 6.54 Å². The highest BCUT2D eigenvalue weighted by atomic mass is 16.6. The Balaban J connectivity index is 1.41. The van der Waals surface area contributed by atoms with Crippen LogP contribution in [0.2, 0.25) is 0 Å². The molecule has 26 heavy (non-hydrogen) atoms. The van der Waals surface area contributed by atoms with Gasteiger partial charge in [-0.25, -0.2) is 9.59 Å². The lowest BCUT2D eigenvalue weighted by molar-refractivity contribution is 0.0600. The standard InChI is InChI=1S/C19H20N2O5/c1-24-18(22)14-8-6-13(7-9-14)10-20-19(23)21-11-15-12-25-16-4-2-3-5-17(16)26-15/h2-9,15H,10-12H2,1H3,(H2,20,21,23)/t15-/m1/s1. The Morgan fingerprint density at radius 2 is 1.81 bits per heavy atom. The molecule has 0 aliphatic carbocycles. The monoisotopic (exact) mass is 356 g/mol. The summed E-state index contributed by atoms with van der Waals surface area (Å²) in [5.74, 6) is 0.999. The number of urea groups is 1. The lowest BCUT2D eigenvalue weighted by atomic mass is 10.1. The van der Waals surface area contributed by atoms with Crippen molar-refractivity contribution in [3.05, 3.63) is 59.7 Å². The molecule has 1 aliphatic heterocycles. The summed E-state index contributed by atoms with van der Waals surface area (Å²) in [5.41, 5.74) is 1.34. The zero-order valence-electron chi connectivity index (χ0n) is 14.4. The van der Waals surface area contributed by atoms with Crippen molar-refractivity contribution in [1.29, 1.82) is 0 Å². The fourth-order valence-corrected chi connectivity index (χ4v) is 2.49. The first-order valence-corrected chi connectivity index (χ1v) is 8.23. The molecule has 3 rings (SSSR count). The minimum Gasteiger partial charge on any atom is -0.486 e. The van der Waals surface area contributed by atoms with Crippen LogP contribution in [-0.2, 0) is 11.3 Å². The molecule has 0 fully saturated rings. The van der Waals surface area contributed by atoms with Crippen molar-refractivity contribution in [3.8, 4) is 11.5 Å². The summed E-state index contributed by atoms with van der Waals surface area (Å²) < 4.78 is 16.0. The molecular weight excluding hydrogens is 336 g/mol. The van der Waals surface area contributed by atoms with Crippen molar-refractivity contribution < 1.29 is 23.8 Å². The van der Waals surface area contributed by atoms with Gasteiger partial charge in [0.15, 0.2) is 17.6 Å². The third-order valence-corrected chi connectivity index (χ3v) is 3.89. The number of hydrogen-bond acceptors (Lipinski definition) is 5. The molecule has 136 valence electrons. The number of methoxy groups -OCH3 is 1. The number of carbonyl (C=O) groups is 2. The number of benzene rings is 2. The molecule has 0 saturated heterocycles. The molecule has 1 atom stereocenters. The maximum Gasteiger partial charge on any atom is 0.337 e. The highest BCUT2D eigenvalue weighted by Gasteiger charge is 2.20. The topological polar surface area (TPSA) is 85.9 Å². The van der Waals surface area contributed by atoms with E-state index in [1.165, 1.54) is 7.11 Å². The number of amides is 2. The van der Waals surface area contributed by atoms with Gasteiger partial charge < -0.3 is 24.8 Å². The fourth-order valence-electron chi connectivity index (χ4n) is 2.49. The molecule has 0 bridgehead atoms. The molecule has 1 aliphatic rings. The van der Waals surface area contributed by atoms with Crippen LogP contribution in [0, 0.1) is 0 Å². The third-order valence-electron chi connectivity index (χ3n) is 3.89. The van der Waals surface area contributed by atoms with Crippen LogP contribution in [0.3, 0.4) is 0 Å². The molecule has 0 aromatic heterocycles. The predicted octanol–water partition coefficient (Wildman–Crippen LogP) is 2.11. The van der Waals surface area contributed by atoms with E-state index < -0.39 is 5.97 Å². The maximum absolute atomic E-state index is 11.9. The van der Waals surface area contributed by atoms with E-state index >= 15 is 0 Å². The average molecular weight is 356 g/mol. The Kier molecular flexibility index (Phi) is 5.58. The largest absolute Gasteiger partial charge is 0.486 e. The van der Waals surface area contributed by atoms with Crippen LogP contribution in [0.15, 0.2) is 48.5 Å².